The van der Waals surface area contributed by atoms with Gasteiger partial charge in [0.1, 0.15) is 23.0 Å². The molecule has 5 heteroatoms. The first-order valence-corrected chi connectivity index (χ1v) is 10.7. The van der Waals surface area contributed by atoms with Crippen molar-refractivity contribution < 1.29 is 18.7 Å². The Bertz CT molecular complexity index is 1140. The summed E-state index contributed by atoms with van der Waals surface area (Å²) in [6.07, 6.45) is 0.726. The largest absolute Gasteiger partial charge is 0.530 e. The Morgan fingerprint density at radius 1 is 0.633 bits per heavy atom. The monoisotopic (exact) mass is 414 g/mol. The van der Waals surface area contributed by atoms with E-state index in [1.54, 1.807) is 12.1 Å². The molecular weight excluding hydrogens is 395 g/mol. The van der Waals surface area contributed by atoms with Crippen molar-refractivity contribution in [1.29, 1.82) is 0 Å². The Balaban J connectivity index is 1.54. The number of phenolic OH excluding ortho intramolecular Hbond substituents is 1. The van der Waals surface area contributed by atoms with Gasteiger partial charge in [0.2, 0.25) is 0 Å². The van der Waals surface area contributed by atoms with Crippen molar-refractivity contribution in [2.45, 2.75) is 6.42 Å². The van der Waals surface area contributed by atoms with E-state index in [9.17, 15) is 5.11 Å². The van der Waals surface area contributed by atoms with Crippen LogP contribution < -0.4 is 13.6 Å². The zero-order valence-corrected chi connectivity index (χ0v) is 17.0. The van der Waals surface area contributed by atoms with E-state index in [2.05, 4.69) is 12.1 Å². The Kier molecular flexibility index (Phi) is 5.00. The summed E-state index contributed by atoms with van der Waals surface area (Å²) in [6.45, 7) is 0. The Morgan fingerprint density at radius 2 is 1.17 bits per heavy atom. The highest BCUT2D eigenvalue weighted by Crippen LogP contribution is 2.48. The topological polar surface area (TPSA) is 47.9 Å². The number of fused-ring (bicyclic) bond motifs is 2. The van der Waals surface area contributed by atoms with E-state index in [0.717, 1.165) is 34.6 Å². The summed E-state index contributed by atoms with van der Waals surface area (Å²) in [6, 6.07) is 30.6. The van der Waals surface area contributed by atoms with Crippen LogP contribution in [0.1, 0.15) is 11.1 Å². The molecule has 4 aromatic carbocycles. The van der Waals surface area contributed by atoms with Crippen molar-refractivity contribution in [1.82, 2.24) is 0 Å². The molecule has 0 atom stereocenters. The fourth-order valence-electron chi connectivity index (χ4n) is 3.45. The van der Waals surface area contributed by atoms with E-state index < -0.39 is 8.60 Å². The van der Waals surface area contributed by atoms with Gasteiger partial charge in [-0.05, 0) is 35.4 Å². The number of hydrogen-bond donors (Lipinski definition) is 1. The van der Waals surface area contributed by atoms with Gasteiger partial charge in [0, 0.05) is 17.5 Å². The van der Waals surface area contributed by atoms with Gasteiger partial charge in [0.15, 0.2) is 0 Å². The average Bonchev–Trinajstić information content (AvgIpc) is 2.76. The van der Waals surface area contributed by atoms with Crippen molar-refractivity contribution in [3.05, 3.63) is 108 Å². The molecule has 5 rings (SSSR count). The third kappa shape index (κ3) is 3.70. The lowest BCUT2D eigenvalue weighted by Crippen LogP contribution is -2.08. The van der Waals surface area contributed by atoms with Gasteiger partial charge in [-0.3, -0.25) is 0 Å². The molecule has 4 nitrogen and oxygen atoms in total. The average molecular weight is 414 g/mol. The molecule has 1 heterocycles. The van der Waals surface area contributed by atoms with Crippen LogP contribution in [-0.2, 0) is 6.42 Å². The van der Waals surface area contributed by atoms with Crippen LogP contribution >= 0.6 is 8.60 Å². The molecule has 0 unspecified atom stereocenters. The van der Waals surface area contributed by atoms with Crippen LogP contribution in [0.4, 0.5) is 0 Å². The second-order valence-corrected chi connectivity index (χ2v) is 7.90. The van der Waals surface area contributed by atoms with Crippen molar-refractivity contribution in [3.63, 3.8) is 0 Å². The molecule has 0 aliphatic carbocycles. The summed E-state index contributed by atoms with van der Waals surface area (Å²) in [5.74, 6) is 2.27. The molecule has 0 radical (unpaired) electrons. The molecule has 0 fully saturated rings. The quantitative estimate of drug-likeness (QED) is 0.378. The maximum absolute atomic E-state index is 10.3. The number of aromatic hydroxyl groups is 1. The molecule has 1 aliphatic rings. The van der Waals surface area contributed by atoms with Crippen LogP contribution in [0.15, 0.2) is 97.1 Å². The normalized spacial score (nSPS) is 13.1. The first-order chi connectivity index (χ1) is 14.8. The molecule has 0 saturated heterocycles. The van der Waals surface area contributed by atoms with Crippen LogP contribution in [-0.4, -0.2) is 5.11 Å². The molecule has 1 N–H and O–H groups in total. The van der Waals surface area contributed by atoms with Gasteiger partial charge in [-0.2, -0.15) is 0 Å². The van der Waals surface area contributed by atoms with Crippen LogP contribution in [0, 0.1) is 0 Å². The van der Waals surface area contributed by atoms with Gasteiger partial charge in [-0.15, -0.1) is 0 Å². The van der Waals surface area contributed by atoms with Crippen LogP contribution in [0.25, 0.3) is 11.1 Å². The van der Waals surface area contributed by atoms with E-state index in [-0.39, 0.29) is 5.75 Å². The van der Waals surface area contributed by atoms with E-state index in [0.29, 0.717) is 11.3 Å². The lowest BCUT2D eigenvalue weighted by atomic mass is 10.0. The van der Waals surface area contributed by atoms with Gasteiger partial charge in [0.25, 0.3) is 0 Å². The number of para-hydroxylation sites is 4. The van der Waals surface area contributed by atoms with E-state index in [4.69, 9.17) is 13.6 Å². The minimum absolute atomic E-state index is 0.191. The fraction of sp³-hybridized carbons (Fsp3) is 0.0400. The summed E-state index contributed by atoms with van der Waals surface area (Å²) in [5.41, 5.74) is 3.63. The molecule has 0 aromatic heterocycles. The zero-order chi connectivity index (χ0) is 20.3. The van der Waals surface area contributed by atoms with Crippen molar-refractivity contribution >= 4 is 8.60 Å². The fourth-order valence-corrected chi connectivity index (χ4v) is 4.56. The van der Waals surface area contributed by atoms with Crippen molar-refractivity contribution in [2.75, 3.05) is 0 Å². The smallest absolute Gasteiger partial charge is 0.507 e. The SMILES string of the molecule is Oc1ccccc1-c1ccccc1OP1Oc2ccccc2Cc2ccccc2O1. The van der Waals surface area contributed by atoms with Crippen LogP contribution in [0.5, 0.6) is 23.0 Å². The number of rotatable bonds is 3. The highest BCUT2D eigenvalue weighted by Gasteiger charge is 2.26. The molecule has 30 heavy (non-hydrogen) atoms. The zero-order valence-electron chi connectivity index (χ0n) is 16.1. The van der Waals surface area contributed by atoms with Gasteiger partial charge in [-0.1, -0.05) is 72.8 Å². The summed E-state index contributed by atoms with van der Waals surface area (Å²) in [5, 5.41) is 10.3. The predicted molar refractivity (Wildman–Crippen MR) is 118 cm³/mol. The predicted octanol–water partition coefficient (Wildman–Crippen LogP) is 6.73. The van der Waals surface area contributed by atoms with Crippen LogP contribution in [0.3, 0.4) is 0 Å². The van der Waals surface area contributed by atoms with E-state index >= 15 is 0 Å². The van der Waals surface area contributed by atoms with Crippen molar-refractivity contribution in [3.8, 4) is 34.1 Å². The molecule has 0 amide bonds. The second kappa shape index (κ2) is 8.10. The minimum Gasteiger partial charge on any atom is -0.507 e. The Hall–Kier alpha value is -3.49. The maximum Gasteiger partial charge on any atom is 0.530 e. The molecule has 148 valence electrons. The highest BCUT2D eigenvalue weighted by molar-refractivity contribution is 7.43. The molecule has 0 spiro atoms. The van der Waals surface area contributed by atoms with Gasteiger partial charge in [-0.25, -0.2) is 0 Å². The van der Waals surface area contributed by atoms with E-state index in [1.807, 2.05) is 72.8 Å². The third-order valence-electron chi connectivity index (χ3n) is 4.93. The molecule has 0 bridgehead atoms. The lowest BCUT2D eigenvalue weighted by Gasteiger charge is -2.24. The van der Waals surface area contributed by atoms with Crippen molar-refractivity contribution in [2.24, 2.45) is 0 Å². The molecule has 1 aliphatic heterocycles. The third-order valence-corrected chi connectivity index (χ3v) is 5.96. The Morgan fingerprint density at radius 3 is 1.83 bits per heavy atom. The molecular formula is C25H19O4P. The first kappa shape index (κ1) is 18.5. The summed E-state index contributed by atoms with van der Waals surface area (Å²) in [4.78, 5) is 0. The molecule has 0 saturated carbocycles. The second-order valence-electron chi connectivity index (χ2n) is 6.90. The summed E-state index contributed by atoms with van der Waals surface area (Å²) in [7, 11) is -1.76. The summed E-state index contributed by atoms with van der Waals surface area (Å²) >= 11 is 0. The van der Waals surface area contributed by atoms with Gasteiger partial charge >= 0.3 is 8.60 Å². The van der Waals surface area contributed by atoms with Gasteiger partial charge < -0.3 is 18.7 Å². The first-order valence-electron chi connectivity index (χ1n) is 9.65. The van der Waals surface area contributed by atoms with Gasteiger partial charge in [0.05, 0.1) is 0 Å². The van der Waals surface area contributed by atoms with Crippen LogP contribution in [0.2, 0.25) is 0 Å². The minimum atomic E-state index is -1.76. The summed E-state index contributed by atoms with van der Waals surface area (Å²) < 4.78 is 18.6. The standard InChI is InChI=1S/C25H19O4P/c26-22-13-5-3-11-20(22)21-12-4-8-16-25(21)29-30-27-23-14-6-1-9-18(23)17-19-10-2-7-15-24(19)28-30/h1-16,26H,17H2. The maximum atomic E-state index is 10.3. The number of benzene rings is 4. The highest BCUT2D eigenvalue weighted by atomic mass is 31.2. The number of phenols is 1. The van der Waals surface area contributed by atoms with E-state index in [1.165, 1.54) is 0 Å². The molecule has 4 aromatic rings. The lowest BCUT2D eigenvalue weighted by molar-refractivity contribution is 0.382. The number of hydrogen-bond acceptors (Lipinski definition) is 4. The Labute approximate surface area is 176 Å².